The number of carbonyl (C=O) groups is 1. The molecule has 4 aromatic rings. The van der Waals surface area contributed by atoms with E-state index in [-0.39, 0.29) is 42.8 Å². The smallest absolute Gasteiger partial charge is 0.379 e. The number of likely N-dealkylation sites (N-methyl/N-ethyl adjacent to an activating group) is 1. The third kappa shape index (κ3) is 5.69. The summed E-state index contributed by atoms with van der Waals surface area (Å²) in [4.78, 5) is 19.7. The Labute approximate surface area is 276 Å². The lowest BCUT2D eigenvalue weighted by atomic mass is 9.74. The Morgan fingerprint density at radius 2 is 1.75 bits per heavy atom. The van der Waals surface area contributed by atoms with Crippen LogP contribution in [0.3, 0.4) is 0 Å². The van der Waals surface area contributed by atoms with Crippen molar-refractivity contribution in [2.24, 2.45) is 5.92 Å². The molecule has 2 fully saturated rings. The average molecular weight is 663 g/mol. The van der Waals surface area contributed by atoms with Crippen LogP contribution in [0.25, 0.3) is 5.69 Å². The minimum atomic E-state index is -4.64. The second-order valence-electron chi connectivity index (χ2n) is 13.6. The number of fused-ring (bicyclic) bond motifs is 1. The zero-order chi connectivity index (χ0) is 33.8. The molecule has 0 spiro atoms. The molecular formula is C36H38F4N6O2. The molecule has 0 bridgehead atoms. The van der Waals surface area contributed by atoms with E-state index in [1.165, 1.54) is 17.3 Å². The number of anilines is 1. The molecule has 12 heteroatoms. The Hall–Kier alpha value is -4.13. The van der Waals surface area contributed by atoms with Gasteiger partial charge in [-0.2, -0.15) is 13.2 Å². The quantitative estimate of drug-likeness (QED) is 0.210. The maximum absolute atomic E-state index is 16.6. The fourth-order valence-corrected chi connectivity index (χ4v) is 7.29. The molecule has 2 saturated heterocycles. The average Bonchev–Trinajstić information content (AvgIpc) is 3.66. The van der Waals surface area contributed by atoms with Crippen molar-refractivity contribution in [3.05, 3.63) is 107 Å². The first kappa shape index (κ1) is 32.4. The van der Waals surface area contributed by atoms with Crippen molar-refractivity contribution in [3.63, 3.8) is 0 Å². The Bertz CT molecular complexity index is 1810. The number of hydrogen-bond acceptors (Lipinski definition) is 6. The number of carbonyl (C=O) groups excluding carboxylic acids is 1. The topological polar surface area (TPSA) is 66.7 Å². The van der Waals surface area contributed by atoms with Gasteiger partial charge in [0.15, 0.2) is 12.0 Å². The van der Waals surface area contributed by atoms with Crippen molar-refractivity contribution >= 4 is 11.6 Å². The predicted molar refractivity (Wildman–Crippen MR) is 173 cm³/mol. The third-order valence-electron chi connectivity index (χ3n) is 10.1. The normalized spacial score (nSPS) is 20.6. The van der Waals surface area contributed by atoms with Gasteiger partial charge in [-0.1, -0.05) is 44.2 Å². The van der Waals surface area contributed by atoms with Crippen LogP contribution < -0.4 is 4.90 Å². The van der Waals surface area contributed by atoms with Crippen LogP contribution in [0.5, 0.6) is 0 Å². The molecule has 1 amide bonds. The van der Waals surface area contributed by atoms with Crippen LogP contribution >= 0.6 is 0 Å². The molecule has 48 heavy (non-hydrogen) atoms. The number of aromatic nitrogens is 3. The predicted octanol–water partition coefficient (Wildman–Crippen LogP) is 6.20. The van der Waals surface area contributed by atoms with Gasteiger partial charge in [-0.3, -0.25) is 14.3 Å². The van der Waals surface area contributed by atoms with E-state index >= 15 is 4.39 Å². The highest BCUT2D eigenvalue weighted by Crippen LogP contribution is 2.47. The van der Waals surface area contributed by atoms with Gasteiger partial charge in [-0.15, -0.1) is 10.2 Å². The molecule has 0 aliphatic carbocycles. The van der Waals surface area contributed by atoms with Crippen molar-refractivity contribution in [3.8, 4) is 5.69 Å². The van der Waals surface area contributed by atoms with E-state index in [1.807, 2.05) is 30.3 Å². The van der Waals surface area contributed by atoms with E-state index in [0.29, 0.717) is 35.0 Å². The SMILES string of the molecule is CC(C)C1CN(C)CCN1Cc1cc2c(c(C(F)(F)F)c1)CN(c1cccc(C3(C(F)c4nncn4-c4ccccc4)COC3)c1)C2=O. The van der Waals surface area contributed by atoms with Gasteiger partial charge in [0.1, 0.15) is 6.33 Å². The van der Waals surface area contributed by atoms with Gasteiger partial charge in [0, 0.05) is 49.2 Å². The Kier molecular flexibility index (Phi) is 8.37. The molecule has 7 rings (SSSR count). The van der Waals surface area contributed by atoms with Crippen LogP contribution in [-0.2, 0) is 29.4 Å². The van der Waals surface area contributed by atoms with E-state index in [9.17, 15) is 18.0 Å². The van der Waals surface area contributed by atoms with Gasteiger partial charge >= 0.3 is 6.18 Å². The highest BCUT2D eigenvalue weighted by Gasteiger charge is 2.51. The van der Waals surface area contributed by atoms with Gasteiger partial charge in [-0.05, 0) is 66.1 Å². The maximum Gasteiger partial charge on any atom is 0.416 e. The second-order valence-corrected chi connectivity index (χ2v) is 13.6. The number of amides is 1. The van der Waals surface area contributed by atoms with Crippen LogP contribution in [0, 0.1) is 5.92 Å². The third-order valence-corrected chi connectivity index (χ3v) is 10.1. The highest BCUT2D eigenvalue weighted by molar-refractivity contribution is 6.10. The molecule has 0 radical (unpaired) electrons. The van der Waals surface area contributed by atoms with Gasteiger partial charge in [0.05, 0.1) is 30.7 Å². The fourth-order valence-electron chi connectivity index (χ4n) is 7.29. The lowest BCUT2D eigenvalue weighted by Crippen LogP contribution is -2.53. The van der Waals surface area contributed by atoms with Crippen molar-refractivity contribution in [2.75, 3.05) is 44.8 Å². The molecule has 8 nitrogen and oxygen atoms in total. The van der Waals surface area contributed by atoms with Crippen LogP contribution in [-0.4, -0.2) is 76.4 Å². The summed E-state index contributed by atoms with van der Waals surface area (Å²) in [5.74, 6) is -0.0774. The summed E-state index contributed by atoms with van der Waals surface area (Å²) >= 11 is 0. The zero-order valence-corrected chi connectivity index (χ0v) is 27.1. The fraction of sp³-hybridized carbons (Fsp3) is 0.417. The van der Waals surface area contributed by atoms with Gasteiger partial charge in [0.2, 0.25) is 0 Å². The standard InChI is InChI=1S/C36H38F4N6O2/c1-23(2)31-19-43(3)12-13-44(31)17-24-14-28-29(30(15-24)36(38,39)40)18-45(34(28)47)27-11-7-8-25(16-27)35(20-48-21-35)32(37)33-42-41-22-46(33)26-9-5-4-6-10-26/h4-11,14-16,22-23,31-32H,12-13,17-21H2,1-3H3. The summed E-state index contributed by atoms with van der Waals surface area (Å²) in [6.07, 6.45) is -4.79. The van der Waals surface area contributed by atoms with E-state index < -0.39 is 29.2 Å². The molecule has 2 atom stereocenters. The lowest BCUT2D eigenvalue weighted by molar-refractivity contribution is -0.138. The molecular weight excluding hydrogens is 624 g/mol. The van der Waals surface area contributed by atoms with E-state index in [4.69, 9.17) is 4.74 Å². The summed E-state index contributed by atoms with van der Waals surface area (Å²) in [7, 11) is 2.05. The summed E-state index contributed by atoms with van der Waals surface area (Å²) < 4.78 is 67.4. The number of hydrogen-bond donors (Lipinski definition) is 0. The molecule has 0 saturated carbocycles. The van der Waals surface area contributed by atoms with Crippen molar-refractivity contribution in [2.45, 2.75) is 50.7 Å². The number of halogens is 4. The monoisotopic (exact) mass is 662 g/mol. The number of ether oxygens (including phenoxy) is 1. The number of para-hydroxylation sites is 1. The first-order valence-corrected chi connectivity index (χ1v) is 16.2. The van der Waals surface area contributed by atoms with Crippen LogP contribution in [0.1, 0.15) is 58.5 Å². The molecule has 3 aromatic carbocycles. The van der Waals surface area contributed by atoms with Crippen molar-refractivity contribution in [1.29, 1.82) is 0 Å². The Morgan fingerprint density at radius 1 is 1.00 bits per heavy atom. The maximum atomic E-state index is 16.6. The number of rotatable bonds is 8. The van der Waals surface area contributed by atoms with E-state index in [0.717, 1.165) is 19.6 Å². The summed E-state index contributed by atoms with van der Waals surface area (Å²) in [6, 6.07) is 19.0. The molecule has 0 N–H and O–H groups in total. The molecule has 3 aliphatic rings. The van der Waals surface area contributed by atoms with Crippen LogP contribution in [0.2, 0.25) is 0 Å². The van der Waals surface area contributed by atoms with E-state index in [1.54, 1.807) is 34.9 Å². The Morgan fingerprint density at radius 3 is 2.44 bits per heavy atom. The Balaban J connectivity index is 1.20. The number of alkyl halides is 4. The molecule has 2 unspecified atom stereocenters. The molecule has 3 aliphatic heterocycles. The minimum absolute atomic E-state index is 0.0403. The van der Waals surface area contributed by atoms with Crippen molar-refractivity contribution < 1.29 is 27.1 Å². The van der Waals surface area contributed by atoms with Gasteiger partial charge < -0.3 is 14.5 Å². The highest BCUT2D eigenvalue weighted by atomic mass is 19.4. The largest absolute Gasteiger partial charge is 0.416 e. The zero-order valence-electron chi connectivity index (χ0n) is 27.1. The van der Waals surface area contributed by atoms with Crippen molar-refractivity contribution in [1.82, 2.24) is 24.6 Å². The van der Waals surface area contributed by atoms with Crippen LogP contribution in [0.15, 0.2) is 73.1 Å². The molecule has 4 heterocycles. The second kappa shape index (κ2) is 12.4. The number of benzene rings is 3. The minimum Gasteiger partial charge on any atom is -0.379 e. The van der Waals surface area contributed by atoms with Gasteiger partial charge in [-0.25, -0.2) is 4.39 Å². The van der Waals surface area contributed by atoms with Gasteiger partial charge in [0.25, 0.3) is 5.91 Å². The first-order valence-electron chi connectivity index (χ1n) is 16.2. The van der Waals surface area contributed by atoms with Crippen LogP contribution in [0.4, 0.5) is 23.2 Å². The summed E-state index contributed by atoms with van der Waals surface area (Å²) in [6.45, 7) is 6.84. The first-order chi connectivity index (χ1) is 23.0. The number of nitrogens with zero attached hydrogens (tertiary/aromatic N) is 6. The lowest BCUT2D eigenvalue weighted by Gasteiger charge is -2.44. The molecule has 252 valence electrons. The summed E-state index contributed by atoms with van der Waals surface area (Å²) in [5, 5.41) is 8.08. The van der Waals surface area contributed by atoms with E-state index in [2.05, 4.69) is 40.9 Å². The molecule has 1 aromatic heterocycles. The summed E-state index contributed by atoms with van der Waals surface area (Å²) in [5.41, 5.74) is 0.242. The number of piperazine rings is 1.